The van der Waals surface area contributed by atoms with Crippen LogP contribution in [0.25, 0.3) is 0 Å². The van der Waals surface area contributed by atoms with E-state index in [1.54, 1.807) is 0 Å². The Morgan fingerprint density at radius 1 is 1.12 bits per heavy atom. The number of aliphatic hydroxyl groups is 1. The predicted octanol–water partition coefficient (Wildman–Crippen LogP) is 4.15. The largest absolute Gasteiger partial charge is 0.472 e. The minimum absolute atomic E-state index is 0.0111. The summed E-state index contributed by atoms with van der Waals surface area (Å²) in [5, 5.41) is 18.8. The monoisotopic (exact) mass is 479 g/mol. The molecule has 0 saturated carbocycles. The molecule has 2 N–H and O–H groups in total. The third kappa shape index (κ3) is 5.55. The van der Waals surface area contributed by atoms with Crippen LogP contribution in [0.15, 0.2) is 36.5 Å². The Balaban J connectivity index is 1.41. The van der Waals surface area contributed by atoms with Crippen molar-refractivity contribution < 1.29 is 32.9 Å². The number of ether oxygens (including phenoxy) is 1. The van der Waals surface area contributed by atoms with Gasteiger partial charge in [-0.05, 0) is 48.4 Å². The number of alkyl halides is 3. The van der Waals surface area contributed by atoms with Gasteiger partial charge in [-0.25, -0.2) is 9.78 Å². The maximum Gasteiger partial charge on any atom is 0.417 e. The number of hydrogen-bond donors (Lipinski definition) is 2. The quantitative estimate of drug-likeness (QED) is 0.648. The number of amides is 1. The molecular weight excluding hydrogens is 451 g/mol. The van der Waals surface area contributed by atoms with Gasteiger partial charge < -0.3 is 24.7 Å². The summed E-state index contributed by atoms with van der Waals surface area (Å²) in [6.07, 6.45) is -2.00. The molecule has 1 aromatic heterocycles. The number of piperidine rings is 1. The zero-order chi connectivity index (χ0) is 24.3. The fourth-order valence-electron chi connectivity index (χ4n) is 4.72. The highest BCUT2D eigenvalue weighted by Gasteiger charge is 2.31. The van der Waals surface area contributed by atoms with Gasteiger partial charge >= 0.3 is 12.3 Å². The van der Waals surface area contributed by atoms with Crippen LogP contribution in [0.2, 0.25) is 0 Å². The number of nitrogens with zero attached hydrogens (tertiary/aromatic N) is 3. The standard InChI is InChI=1S/C24H28F3N3O4/c25-24(26,27)19-2-4-22(28-14-19)34-20-7-11-30(15-20)21-3-1-17(13-18(21)8-12-31)16-5-9-29(10-6-16)23(32)33/h1-4,13-14,16,20,31H,5-12,15H2,(H,32,33). The van der Waals surface area contributed by atoms with Gasteiger partial charge in [-0.3, -0.25) is 0 Å². The van der Waals surface area contributed by atoms with Crippen LogP contribution in [0.1, 0.15) is 41.9 Å². The lowest BCUT2D eigenvalue weighted by Crippen LogP contribution is -2.36. The summed E-state index contributed by atoms with van der Waals surface area (Å²) in [5.74, 6) is 0.445. The second kappa shape index (κ2) is 10.1. The summed E-state index contributed by atoms with van der Waals surface area (Å²) in [5.41, 5.74) is 2.37. The molecule has 184 valence electrons. The predicted molar refractivity (Wildman–Crippen MR) is 119 cm³/mol. The van der Waals surface area contributed by atoms with Crippen molar-refractivity contribution in [1.82, 2.24) is 9.88 Å². The van der Waals surface area contributed by atoms with Gasteiger partial charge in [0.2, 0.25) is 5.88 Å². The molecule has 2 aliphatic rings. The Kier molecular flexibility index (Phi) is 7.16. The molecule has 10 heteroatoms. The van der Waals surface area contributed by atoms with E-state index in [1.807, 2.05) is 6.07 Å². The van der Waals surface area contributed by atoms with Crippen LogP contribution >= 0.6 is 0 Å². The summed E-state index contributed by atoms with van der Waals surface area (Å²) in [6, 6.07) is 8.44. The van der Waals surface area contributed by atoms with Crippen molar-refractivity contribution in [3.63, 3.8) is 0 Å². The lowest BCUT2D eigenvalue weighted by atomic mass is 9.88. The molecule has 0 aliphatic carbocycles. The molecule has 1 unspecified atom stereocenters. The van der Waals surface area contributed by atoms with Crippen molar-refractivity contribution in [2.24, 2.45) is 0 Å². The number of rotatable bonds is 6. The first kappa shape index (κ1) is 24.1. The Morgan fingerprint density at radius 3 is 2.50 bits per heavy atom. The molecule has 3 heterocycles. The van der Waals surface area contributed by atoms with Gasteiger partial charge in [-0.2, -0.15) is 13.2 Å². The summed E-state index contributed by atoms with van der Waals surface area (Å²) in [6.45, 7) is 2.33. The van der Waals surface area contributed by atoms with E-state index in [-0.39, 0.29) is 24.5 Å². The van der Waals surface area contributed by atoms with Crippen LogP contribution in [0.3, 0.4) is 0 Å². The van der Waals surface area contributed by atoms with Crippen molar-refractivity contribution in [2.75, 3.05) is 37.7 Å². The van der Waals surface area contributed by atoms with Gasteiger partial charge in [0.25, 0.3) is 0 Å². The van der Waals surface area contributed by atoms with Crippen LogP contribution in [0, 0.1) is 0 Å². The van der Waals surface area contributed by atoms with E-state index in [1.165, 1.54) is 11.0 Å². The first-order valence-corrected chi connectivity index (χ1v) is 11.4. The van der Waals surface area contributed by atoms with E-state index in [0.717, 1.165) is 48.5 Å². The molecule has 2 saturated heterocycles. The first-order chi connectivity index (χ1) is 16.2. The Bertz CT molecular complexity index is 992. The average molecular weight is 479 g/mol. The maximum absolute atomic E-state index is 12.7. The third-order valence-corrected chi connectivity index (χ3v) is 6.56. The lowest BCUT2D eigenvalue weighted by Gasteiger charge is -2.31. The molecule has 0 bridgehead atoms. The molecule has 1 atom stereocenters. The highest BCUT2D eigenvalue weighted by atomic mass is 19.4. The number of benzene rings is 1. The van der Waals surface area contributed by atoms with Crippen LogP contribution in [-0.4, -0.2) is 65.1 Å². The molecule has 4 rings (SSSR count). The number of halogens is 3. The number of carbonyl (C=O) groups is 1. The number of aliphatic hydroxyl groups excluding tert-OH is 1. The Hall–Kier alpha value is -3.01. The smallest absolute Gasteiger partial charge is 0.417 e. The van der Waals surface area contributed by atoms with Crippen LogP contribution in [0.5, 0.6) is 5.88 Å². The molecule has 0 spiro atoms. The van der Waals surface area contributed by atoms with Gasteiger partial charge in [0, 0.05) is 50.6 Å². The molecule has 2 aliphatic heterocycles. The van der Waals surface area contributed by atoms with E-state index in [0.29, 0.717) is 32.5 Å². The van der Waals surface area contributed by atoms with Crippen molar-refractivity contribution >= 4 is 11.8 Å². The fourth-order valence-corrected chi connectivity index (χ4v) is 4.72. The van der Waals surface area contributed by atoms with Gasteiger partial charge in [-0.1, -0.05) is 12.1 Å². The number of aromatic nitrogens is 1. The minimum Gasteiger partial charge on any atom is -0.472 e. The van der Waals surface area contributed by atoms with Crippen molar-refractivity contribution in [2.45, 2.75) is 43.9 Å². The summed E-state index contributed by atoms with van der Waals surface area (Å²) >= 11 is 0. The second-order valence-electron chi connectivity index (χ2n) is 8.76. The van der Waals surface area contributed by atoms with Crippen LogP contribution in [-0.2, 0) is 12.6 Å². The van der Waals surface area contributed by atoms with E-state index >= 15 is 0 Å². The van der Waals surface area contributed by atoms with Crippen molar-refractivity contribution in [3.05, 3.63) is 53.2 Å². The van der Waals surface area contributed by atoms with Crippen molar-refractivity contribution in [1.29, 1.82) is 0 Å². The van der Waals surface area contributed by atoms with E-state index < -0.39 is 17.8 Å². The van der Waals surface area contributed by atoms with Crippen LogP contribution < -0.4 is 9.64 Å². The van der Waals surface area contributed by atoms with Gasteiger partial charge in [0.05, 0.1) is 12.1 Å². The Labute approximate surface area is 195 Å². The normalized spacial score (nSPS) is 19.5. The maximum atomic E-state index is 12.7. The lowest BCUT2D eigenvalue weighted by molar-refractivity contribution is -0.137. The number of pyridine rings is 1. The number of carboxylic acid groups (broad SMARTS) is 1. The number of likely N-dealkylation sites (tertiary alicyclic amines) is 1. The van der Waals surface area contributed by atoms with E-state index in [9.17, 15) is 23.1 Å². The van der Waals surface area contributed by atoms with Crippen molar-refractivity contribution in [3.8, 4) is 5.88 Å². The van der Waals surface area contributed by atoms with E-state index in [2.05, 4.69) is 22.0 Å². The number of anilines is 1. The summed E-state index contributed by atoms with van der Waals surface area (Å²) in [4.78, 5) is 18.6. The van der Waals surface area contributed by atoms with E-state index in [4.69, 9.17) is 9.84 Å². The molecule has 2 aromatic rings. The highest BCUT2D eigenvalue weighted by molar-refractivity contribution is 5.65. The zero-order valence-electron chi connectivity index (χ0n) is 18.7. The SMILES string of the molecule is O=C(O)N1CCC(c2ccc(N3CCC(Oc4ccc(C(F)(F)F)cn4)C3)c(CCO)c2)CC1. The molecule has 7 nitrogen and oxygen atoms in total. The molecule has 1 amide bonds. The second-order valence-corrected chi connectivity index (χ2v) is 8.76. The third-order valence-electron chi connectivity index (χ3n) is 6.56. The Morgan fingerprint density at radius 2 is 1.88 bits per heavy atom. The fraction of sp³-hybridized carbons (Fsp3) is 0.500. The average Bonchev–Trinajstić information content (AvgIpc) is 3.27. The summed E-state index contributed by atoms with van der Waals surface area (Å²) in [7, 11) is 0. The molecular formula is C24H28F3N3O4. The molecule has 34 heavy (non-hydrogen) atoms. The number of hydrogen-bond acceptors (Lipinski definition) is 5. The minimum atomic E-state index is -4.43. The summed E-state index contributed by atoms with van der Waals surface area (Å²) < 4.78 is 44.0. The zero-order valence-corrected chi connectivity index (χ0v) is 18.7. The van der Waals surface area contributed by atoms with Gasteiger partial charge in [0.15, 0.2) is 0 Å². The molecule has 0 radical (unpaired) electrons. The highest BCUT2D eigenvalue weighted by Crippen LogP contribution is 2.34. The van der Waals surface area contributed by atoms with Crippen LogP contribution in [0.4, 0.5) is 23.7 Å². The van der Waals surface area contributed by atoms with Gasteiger partial charge in [-0.15, -0.1) is 0 Å². The van der Waals surface area contributed by atoms with Gasteiger partial charge in [0.1, 0.15) is 6.10 Å². The molecule has 1 aromatic carbocycles. The first-order valence-electron chi connectivity index (χ1n) is 11.4. The molecule has 2 fully saturated rings. The topological polar surface area (TPSA) is 86.1 Å².